The highest BCUT2D eigenvalue weighted by atomic mass is 16.3. The molecule has 7 heteroatoms. The van der Waals surface area contributed by atoms with Crippen LogP contribution in [0.4, 0.5) is 0 Å². The Hall–Kier alpha value is -1.89. The number of likely N-dealkylation sites (tertiary alicyclic amines) is 1. The molecule has 1 fully saturated rings. The number of hydrogen-bond donors (Lipinski definition) is 3. The Morgan fingerprint density at radius 1 is 1.59 bits per heavy atom. The predicted octanol–water partition coefficient (Wildman–Crippen LogP) is 0.139. The Kier molecular flexibility index (Phi) is 4.85. The molecular weight excluding hydrogens is 284 g/mol. The summed E-state index contributed by atoms with van der Waals surface area (Å²) in [6, 6.07) is 1.78. The van der Waals surface area contributed by atoms with Crippen molar-refractivity contribution in [2.75, 3.05) is 13.1 Å². The standard InChI is InChI=1S/C15H24N4O3/c1-10(7-13-8-11(2)17-18-13)16-14(21)15(22)5-4-6-19(9-15)12(3)20/h8,10,22H,4-7,9H2,1-3H3,(H,16,21)(H,17,18). The molecule has 2 amide bonds. The number of nitrogens with zero attached hydrogens (tertiary/aromatic N) is 2. The van der Waals surface area contributed by atoms with Crippen molar-refractivity contribution < 1.29 is 14.7 Å². The van der Waals surface area contributed by atoms with Crippen LogP contribution in [0, 0.1) is 6.92 Å². The zero-order chi connectivity index (χ0) is 16.3. The first-order chi connectivity index (χ1) is 10.3. The van der Waals surface area contributed by atoms with Crippen molar-refractivity contribution in [3.63, 3.8) is 0 Å². The number of carbonyl (C=O) groups is 2. The summed E-state index contributed by atoms with van der Waals surface area (Å²) in [6.45, 7) is 5.89. The van der Waals surface area contributed by atoms with Gasteiger partial charge in [0, 0.05) is 31.6 Å². The molecule has 2 atom stereocenters. The van der Waals surface area contributed by atoms with E-state index >= 15 is 0 Å². The van der Waals surface area contributed by atoms with E-state index in [4.69, 9.17) is 0 Å². The largest absolute Gasteiger partial charge is 0.378 e. The van der Waals surface area contributed by atoms with Gasteiger partial charge in [0.25, 0.3) is 5.91 Å². The second-order valence-corrected chi connectivity index (χ2v) is 6.20. The Morgan fingerprint density at radius 3 is 2.91 bits per heavy atom. The average molecular weight is 308 g/mol. The Balaban J connectivity index is 1.93. The van der Waals surface area contributed by atoms with E-state index in [-0.39, 0.29) is 18.5 Å². The molecule has 1 saturated heterocycles. The molecule has 0 aliphatic carbocycles. The van der Waals surface area contributed by atoms with Crippen molar-refractivity contribution in [3.8, 4) is 0 Å². The summed E-state index contributed by atoms with van der Waals surface area (Å²) in [5.74, 6) is -0.538. The van der Waals surface area contributed by atoms with Crippen LogP contribution in [0.2, 0.25) is 0 Å². The number of hydrogen-bond acceptors (Lipinski definition) is 4. The van der Waals surface area contributed by atoms with Crippen molar-refractivity contribution in [3.05, 3.63) is 17.5 Å². The SMILES string of the molecule is CC(=O)N1CCCC(O)(C(=O)NC(C)Cc2cc(C)[nH]n2)C1. The second kappa shape index (κ2) is 6.48. The van der Waals surface area contributed by atoms with Crippen molar-refractivity contribution >= 4 is 11.8 Å². The fraction of sp³-hybridized carbons (Fsp3) is 0.667. The molecule has 0 saturated carbocycles. The zero-order valence-corrected chi connectivity index (χ0v) is 13.3. The van der Waals surface area contributed by atoms with E-state index in [0.717, 1.165) is 11.4 Å². The van der Waals surface area contributed by atoms with Crippen LogP contribution in [0.25, 0.3) is 0 Å². The van der Waals surface area contributed by atoms with Gasteiger partial charge in [-0.3, -0.25) is 14.7 Å². The molecule has 22 heavy (non-hydrogen) atoms. The molecule has 0 spiro atoms. The number of carbonyl (C=O) groups excluding carboxylic acids is 2. The molecule has 1 aliphatic heterocycles. The van der Waals surface area contributed by atoms with Crippen molar-refractivity contribution in [1.29, 1.82) is 0 Å². The van der Waals surface area contributed by atoms with Gasteiger partial charge in [-0.05, 0) is 32.8 Å². The summed E-state index contributed by atoms with van der Waals surface area (Å²) in [6.07, 6.45) is 1.58. The van der Waals surface area contributed by atoms with Gasteiger partial charge in [-0.25, -0.2) is 0 Å². The van der Waals surface area contributed by atoms with Gasteiger partial charge in [-0.2, -0.15) is 5.10 Å². The average Bonchev–Trinajstić information content (AvgIpc) is 2.83. The number of aromatic nitrogens is 2. The van der Waals surface area contributed by atoms with E-state index < -0.39 is 11.5 Å². The minimum absolute atomic E-state index is 0.0579. The van der Waals surface area contributed by atoms with Crippen LogP contribution in [0.15, 0.2) is 6.07 Å². The Labute approximate surface area is 130 Å². The third-order valence-electron chi connectivity index (χ3n) is 3.99. The van der Waals surface area contributed by atoms with Gasteiger partial charge in [0.15, 0.2) is 5.60 Å². The Bertz CT molecular complexity index is 557. The van der Waals surface area contributed by atoms with Crippen molar-refractivity contribution in [2.24, 2.45) is 0 Å². The lowest BCUT2D eigenvalue weighted by atomic mass is 9.91. The number of aliphatic hydroxyl groups is 1. The minimum Gasteiger partial charge on any atom is -0.378 e. The third-order valence-corrected chi connectivity index (χ3v) is 3.99. The smallest absolute Gasteiger partial charge is 0.254 e. The molecule has 122 valence electrons. The van der Waals surface area contributed by atoms with Gasteiger partial charge >= 0.3 is 0 Å². The van der Waals surface area contributed by atoms with Gasteiger partial charge < -0.3 is 15.3 Å². The van der Waals surface area contributed by atoms with Crippen LogP contribution in [0.1, 0.15) is 38.1 Å². The summed E-state index contributed by atoms with van der Waals surface area (Å²) in [5.41, 5.74) is 0.336. The first-order valence-electron chi connectivity index (χ1n) is 7.60. The lowest BCUT2D eigenvalue weighted by Crippen LogP contribution is -2.59. The van der Waals surface area contributed by atoms with E-state index in [9.17, 15) is 14.7 Å². The fourth-order valence-corrected chi connectivity index (χ4v) is 2.79. The molecule has 1 aromatic heterocycles. The normalized spacial score (nSPS) is 23.2. The molecule has 1 aromatic rings. The maximum Gasteiger partial charge on any atom is 0.254 e. The van der Waals surface area contributed by atoms with Gasteiger partial charge in [-0.15, -0.1) is 0 Å². The van der Waals surface area contributed by atoms with Gasteiger partial charge in [0.05, 0.1) is 12.2 Å². The van der Waals surface area contributed by atoms with Gasteiger partial charge in [-0.1, -0.05) is 0 Å². The van der Waals surface area contributed by atoms with Gasteiger partial charge in [0.1, 0.15) is 0 Å². The first kappa shape index (κ1) is 16.5. The maximum atomic E-state index is 12.4. The number of rotatable bonds is 4. The lowest BCUT2D eigenvalue weighted by Gasteiger charge is -2.38. The Morgan fingerprint density at radius 2 is 2.32 bits per heavy atom. The summed E-state index contributed by atoms with van der Waals surface area (Å²) in [7, 11) is 0. The number of H-pyrrole nitrogens is 1. The van der Waals surface area contributed by atoms with Crippen LogP contribution < -0.4 is 5.32 Å². The van der Waals surface area contributed by atoms with E-state index in [1.807, 2.05) is 19.9 Å². The third kappa shape index (κ3) is 3.85. The number of aromatic amines is 1. The first-order valence-corrected chi connectivity index (χ1v) is 7.60. The summed E-state index contributed by atoms with van der Waals surface area (Å²) in [4.78, 5) is 25.3. The van der Waals surface area contributed by atoms with Crippen molar-refractivity contribution in [2.45, 2.75) is 51.7 Å². The number of piperidine rings is 1. The minimum atomic E-state index is -1.50. The molecule has 3 N–H and O–H groups in total. The van der Waals surface area contributed by atoms with E-state index in [2.05, 4.69) is 15.5 Å². The molecule has 2 heterocycles. The van der Waals surface area contributed by atoms with Crippen LogP contribution in [-0.2, 0) is 16.0 Å². The molecule has 7 nitrogen and oxygen atoms in total. The molecule has 2 unspecified atom stereocenters. The topological polar surface area (TPSA) is 98.3 Å². The number of amides is 2. The van der Waals surface area contributed by atoms with Crippen molar-refractivity contribution in [1.82, 2.24) is 20.4 Å². The summed E-state index contributed by atoms with van der Waals surface area (Å²) >= 11 is 0. The van der Waals surface area contributed by atoms with Crippen LogP contribution in [-0.4, -0.2) is 56.8 Å². The van der Waals surface area contributed by atoms with Crippen LogP contribution in [0.5, 0.6) is 0 Å². The zero-order valence-electron chi connectivity index (χ0n) is 13.3. The van der Waals surface area contributed by atoms with Gasteiger partial charge in [0.2, 0.25) is 5.91 Å². The maximum absolute atomic E-state index is 12.4. The number of β-amino-alcohol motifs (C(OH)–C–C–N with tert-alkyl or cyclic N) is 1. The highest BCUT2D eigenvalue weighted by Gasteiger charge is 2.41. The fourth-order valence-electron chi connectivity index (χ4n) is 2.79. The number of nitrogens with one attached hydrogen (secondary N) is 2. The van der Waals surface area contributed by atoms with E-state index in [0.29, 0.717) is 25.8 Å². The lowest BCUT2D eigenvalue weighted by molar-refractivity contribution is -0.151. The molecule has 0 radical (unpaired) electrons. The molecule has 2 rings (SSSR count). The van der Waals surface area contributed by atoms with E-state index in [1.54, 1.807) is 0 Å². The second-order valence-electron chi connectivity index (χ2n) is 6.20. The molecule has 0 aromatic carbocycles. The quantitative estimate of drug-likeness (QED) is 0.737. The molecular formula is C15H24N4O3. The molecule has 0 bridgehead atoms. The summed E-state index contributed by atoms with van der Waals surface area (Å²) < 4.78 is 0. The van der Waals surface area contributed by atoms with Crippen LogP contribution in [0.3, 0.4) is 0 Å². The number of aryl methyl sites for hydroxylation is 1. The highest BCUT2D eigenvalue weighted by Crippen LogP contribution is 2.22. The monoisotopic (exact) mass is 308 g/mol. The van der Waals surface area contributed by atoms with E-state index in [1.165, 1.54) is 11.8 Å². The van der Waals surface area contributed by atoms with Crippen LogP contribution >= 0.6 is 0 Å². The molecule has 1 aliphatic rings. The predicted molar refractivity (Wildman–Crippen MR) is 81.1 cm³/mol. The summed E-state index contributed by atoms with van der Waals surface area (Å²) in [5, 5.41) is 20.4. The highest BCUT2D eigenvalue weighted by molar-refractivity contribution is 5.86.